The normalized spacial score (nSPS) is 29.6. The number of nitrogens with zero attached hydrogens (tertiary/aromatic N) is 4. The van der Waals surface area contributed by atoms with Crippen LogP contribution in [-0.4, -0.2) is 81.1 Å². The minimum atomic E-state index is -3.60. The van der Waals surface area contributed by atoms with Crippen LogP contribution in [0.4, 0.5) is 10.2 Å². The SMILES string of the molecule is O=S(=O)(N[C@H]1CCN(c2cccnn2)C[C@H]1OCC1CCC(c2cccc(F)c2)CC1)N1CC2(COC2)C1. The quantitative estimate of drug-likeness (QED) is 0.545. The summed E-state index contributed by atoms with van der Waals surface area (Å²) in [6.45, 7) is 4.11. The second kappa shape index (κ2) is 10.8. The van der Waals surface area contributed by atoms with Crippen LogP contribution in [0.5, 0.6) is 0 Å². The number of hydrogen-bond donors (Lipinski definition) is 1. The number of nitrogens with one attached hydrogen (secondary N) is 1. The van der Waals surface area contributed by atoms with Gasteiger partial charge in [0.05, 0.1) is 25.4 Å². The summed E-state index contributed by atoms with van der Waals surface area (Å²) in [5.74, 6) is 1.37. The molecule has 11 heteroatoms. The molecule has 4 fully saturated rings. The van der Waals surface area contributed by atoms with Crippen molar-refractivity contribution < 1.29 is 22.3 Å². The molecule has 9 nitrogen and oxygen atoms in total. The van der Waals surface area contributed by atoms with Gasteiger partial charge in [0, 0.05) is 44.4 Å². The number of anilines is 1. The maximum Gasteiger partial charge on any atom is 0.279 e. The molecule has 0 unspecified atom stereocenters. The highest BCUT2D eigenvalue weighted by Gasteiger charge is 2.53. The molecule has 3 saturated heterocycles. The Bertz CT molecular complexity index is 1200. The van der Waals surface area contributed by atoms with Crippen molar-refractivity contribution in [1.82, 2.24) is 19.2 Å². The average molecular weight is 546 g/mol. The Morgan fingerprint density at radius 2 is 1.92 bits per heavy atom. The predicted octanol–water partition coefficient (Wildman–Crippen LogP) is 2.72. The topological polar surface area (TPSA) is 96.9 Å². The van der Waals surface area contributed by atoms with E-state index in [0.717, 1.165) is 37.1 Å². The first-order chi connectivity index (χ1) is 18.4. The lowest BCUT2D eigenvalue weighted by atomic mass is 9.79. The number of ether oxygens (including phenoxy) is 2. The van der Waals surface area contributed by atoms with E-state index in [4.69, 9.17) is 9.47 Å². The Hall–Kier alpha value is -2.18. The first kappa shape index (κ1) is 26.1. The van der Waals surface area contributed by atoms with Gasteiger partial charge in [0.2, 0.25) is 0 Å². The number of aromatic nitrogens is 2. The second-order valence-electron chi connectivity index (χ2n) is 11.5. The summed E-state index contributed by atoms with van der Waals surface area (Å²) in [5.41, 5.74) is 1.09. The van der Waals surface area contributed by atoms with Crippen LogP contribution >= 0.6 is 0 Å². The Morgan fingerprint density at radius 1 is 1.11 bits per heavy atom. The Morgan fingerprint density at radius 3 is 2.61 bits per heavy atom. The van der Waals surface area contributed by atoms with E-state index in [1.807, 2.05) is 18.2 Å². The molecule has 6 rings (SSSR count). The van der Waals surface area contributed by atoms with Gasteiger partial charge in [0.1, 0.15) is 5.82 Å². The standard InChI is InChI=1S/C27H36FN5O4S/c28-23-4-1-3-22(13-23)21-8-6-20(7-9-21)15-37-25-14-32(26-5-2-11-29-30-26)12-10-24(25)31-38(34,35)33-16-27(17-33)18-36-19-27/h1-5,11,13,20-21,24-25,31H,6-10,12,14-19H2/t20?,21?,24-,25+/m0/s1. The van der Waals surface area contributed by atoms with Crippen LogP contribution in [0, 0.1) is 17.2 Å². The van der Waals surface area contributed by atoms with E-state index in [1.54, 1.807) is 18.3 Å². The zero-order valence-electron chi connectivity index (χ0n) is 21.5. The maximum atomic E-state index is 13.7. The molecule has 1 aromatic heterocycles. The highest BCUT2D eigenvalue weighted by atomic mass is 32.2. The van der Waals surface area contributed by atoms with Crippen molar-refractivity contribution in [2.45, 2.75) is 50.2 Å². The molecule has 1 spiro atoms. The molecule has 3 aliphatic heterocycles. The summed E-state index contributed by atoms with van der Waals surface area (Å²) in [6.07, 6.45) is 5.99. The van der Waals surface area contributed by atoms with Crippen LogP contribution in [0.2, 0.25) is 0 Å². The van der Waals surface area contributed by atoms with Gasteiger partial charge in [-0.3, -0.25) is 0 Å². The number of rotatable bonds is 8. The summed E-state index contributed by atoms with van der Waals surface area (Å²) in [5, 5.41) is 8.25. The van der Waals surface area contributed by atoms with Crippen molar-refractivity contribution in [3.63, 3.8) is 0 Å². The monoisotopic (exact) mass is 545 g/mol. The van der Waals surface area contributed by atoms with Crippen molar-refractivity contribution in [1.29, 1.82) is 0 Å². The van der Waals surface area contributed by atoms with Crippen LogP contribution in [0.3, 0.4) is 0 Å². The van der Waals surface area contributed by atoms with Gasteiger partial charge >= 0.3 is 0 Å². The largest absolute Gasteiger partial charge is 0.380 e. The van der Waals surface area contributed by atoms with Gasteiger partial charge in [-0.2, -0.15) is 22.5 Å². The van der Waals surface area contributed by atoms with E-state index >= 15 is 0 Å². The average Bonchev–Trinajstić information content (AvgIpc) is 2.87. The van der Waals surface area contributed by atoms with Gasteiger partial charge in [-0.1, -0.05) is 12.1 Å². The van der Waals surface area contributed by atoms with Crippen molar-refractivity contribution in [2.24, 2.45) is 11.3 Å². The Balaban J connectivity index is 1.07. The van der Waals surface area contributed by atoms with E-state index < -0.39 is 10.2 Å². The molecule has 0 amide bonds. The fourth-order valence-corrected chi connectivity index (χ4v) is 7.97. The third kappa shape index (κ3) is 5.58. The lowest BCUT2D eigenvalue weighted by Gasteiger charge is -2.54. The fraction of sp³-hybridized carbons (Fsp3) is 0.630. The van der Waals surface area contributed by atoms with E-state index in [2.05, 4.69) is 19.8 Å². The van der Waals surface area contributed by atoms with Gasteiger partial charge < -0.3 is 14.4 Å². The Labute approximate surface area is 223 Å². The molecule has 1 aliphatic carbocycles. The molecule has 1 saturated carbocycles. The van der Waals surface area contributed by atoms with Crippen LogP contribution in [0.25, 0.3) is 0 Å². The van der Waals surface area contributed by atoms with Crippen molar-refractivity contribution >= 4 is 16.0 Å². The number of piperidine rings is 1. The van der Waals surface area contributed by atoms with E-state index in [0.29, 0.717) is 64.3 Å². The van der Waals surface area contributed by atoms with Crippen molar-refractivity contribution in [3.8, 4) is 0 Å². The number of halogens is 1. The lowest BCUT2D eigenvalue weighted by molar-refractivity contribution is -0.167. The molecular weight excluding hydrogens is 509 g/mol. The Kier molecular flexibility index (Phi) is 7.38. The summed E-state index contributed by atoms with van der Waals surface area (Å²) < 4.78 is 56.3. The van der Waals surface area contributed by atoms with E-state index in [9.17, 15) is 12.8 Å². The third-order valence-corrected chi connectivity index (χ3v) is 10.2. The minimum Gasteiger partial charge on any atom is -0.380 e. The summed E-state index contributed by atoms with van der Waals surface area (Å²) in [4.78, 5) is 2.12. The van der Waals surface area contributed by atoms with E-state index in [1.165, 1.54) is 10.4 Å². The summed E-state index contributed by atoms with van der Waals surface area (Å²) in [7, 11) is -3.60. The number of benzene rings is 1. The first-order valence-electron chi connectivity index (χ1n) is 13.6. The molecule has 38 heavy (non-hydrogen) atoms. The highest BCUT2D eigenvalue weighted by Crippen LogP contribution is 2.39. The molecule has 206 valence electrons. The van der Waals surface area contributed by atoms with Gasteiger partial charge in [-0.15, -0.1) is 5.10 Å². The molecule has 4 aliphatic rings. The van der Waals surface area contributed by atoms with Crippen molar-refractivity contribution in [3.05, 3.63) is 54.0 Å². The van der Waals surface area contributed by atoms with Crippen molar-refractivity contribution in [2.75, 3.05) is 50.9 Å². The third-order valence-electron chi connectivity index (χ3n) is 8.63. The van der Waals surface area contributed by atoms with E-state index in [-0.39, 0.29) is 23.4 Å². The summed E-state index contributed by atoms with van der Waals surface area (Å²) >= 11 is 0. The molecule has 1 aromatic carbocycles. The van der Waals surface area contributed by atoms with Crippen LogP contribution < -0.4 is 9.62 Å². The molecule has 2 aromatic rings. The van der Waals surface area contributed by atoms with Crippen LogP contribution in [-0.2, 0) is 19.7 Å². The molecular formula is C27H36FN5O4S. The summed E-state index contributed by atoms with van der Waals surface area (Å²) in [6, 6.07) is 10.4. The predicted molar refractivity (Wildman–Crippen MR) is 140 cm³/mol. The van der Waals surface area contributed by atoms with Gasteiger partial charge in [0.25, 0.3) is 10.2 Å². The highest BCUT2D eigenvalue weighted by molar-refractivity contribution is 7.87. The van der Waals surface area contributed by atoms with Gasteiger partial charge in [0.15, 0.2) is 5.82 Å². The number of hydrogen-bond acceptors (Lipinski definition) is 7. The molecule has 0 bridgehead atoms. The fourth-order valence-electron chi connectivity index (χ4n) is 6.28. The zero-order chi connectivity index (χ0) is 26.2. The zero-order valence-corrected chi connectivity index (χ0v) is 22.4. The van der Waals surface area contributed by atoms with Gasteiger partial charge in [-0.25, -0.2) is 4.39 Å². The molecule has 1 N–H and O–H groups in total. The second-order valence-corrected chi connectivity index (χ2v) is 13.2. The van der Waals surface area contributed by atoms with Crippen LogP contribution in [0.1, 0.15) is 43.6 Å². The first-order valence-corrected chi connectivity index (χ1v) is 15.1. The molecule has 4 heterocycles. The van der Waals surface area contributed by atoms with Gasteiger partial charge in [-0.05, 0) is 73.8 Å². The maximum absolute atomic E-state index is 13.7. The minimum absolute atomic E-state index is 0.0182. The lowest BCUT2D eigenvalue weighted by Crippen LogP contribution is -2.69. The molecule has 2 atom stereocenters. The smallest absolute Gasteiger partial charge is 0.279 e. The van der Waals surface area contributed by atoms with Crippen LogP contribution in [0.15, 0.2) is 42.6 Å². The molecule has 0 radical (unpaired) electrons.